The number of hydrogen-bond acceptors (Lipinski definition) is 16. The average Bonchev–Trinajstić information content (AvgIpc) is 3.19. The maximum absolute atomic E-state index is 14.5. The Kier molecular flexibility index (Phi) is 14.8. The first-order chi connectivity index (χ1) is 28.3. The molecule has 18 heteroatoms. The van der Waals surface area contributed by atoms with Crippen LogP contribution < -0.4 is 9.47 Å². The standard InChI is InChI=1S/C42H44N2O16/c1-25(2)53-39(51)55-31-21-11-9-17-27(31)33(45)41(57-37(49)43(5)6)23-15-13-19-29(41)35(47)59-60-36(48)30-20-14-16-24-42(30,58-38(50)44(7)8)34(46)28-18-10-12-22-32(28)56-40(52)54-26(3)4/h9-26,29-30H,1-8H3. The number of nitrogens with zero attached hydrogens (tertiary/aromatic N) is 2. The molecule has 4 unspecified atom stereocenters. The van der Waals surface area contributed by atoms with E-state index in [1.165, 1.54) is 101 Å². The summed E-state index contributed by atoms with van der Waals surface area (Å²) >= 11 is 0. The van der Waals surface area contributed by atoms with Gasteiger partial charge >= 0.3 is 36.4 Å². The van der Waals surface area contributed by atoms with Crippen LogP contribution in [0.4, 0.5) is 19.2 Å². The fourth-order valence-electron chi connectivity index (χ4n) is 5.65. The van der Waals surface area contributed by atoms with E-state index in [1.807, 2.05) is 0 Å². The molecule has 2 aliphatic rings. The number of Topliss-reactive ketones (excluding diaryl/α,β-unsaturated/α-hetero) is 2. The van der Waals surface area contributed by atoms with Crippen LogP contribution in [-0.2, 0) is 38.3 Å². The van der Waals surface area contributed by atoms with E-state index in [-0.39, 0.29) is 22.6 Å². The van der Waals surface area contributed by atoms with E-state index in [4.69, 9.17) is 38.2 Å². The van der Waals surface area contributed by atoms with E-state index in [1.54, 1.807) is 27.7 Å². The fraction of sp³-hybridized carbons (Fsp3) is 0.333. The van der Waals surface area contributed by atoms with E-state index in [0.717, 1.165) is 34.1 Å². The summed E-state index contributed by atoms with van der Waals surface area (Å²) in [4.78, 5) is 120. The molecule has 0 fully saturated rings. The van der Waals surface area contributed by atoms with Crippen LogP contribution in [-0.4, -0.2) is 109 Å². The number of amides is 2. The van der Waals surface area contributed by atoms with Gasteiger partial charge < -0.3 is 38.2 Å². The number of benzene rings is 2. The smallest absolute Gasteiger partial charge is 0.431 e. The first-order valence-electron chi connectivity index (χ1n) is 18.3. The molecule has 60 heavy (non-hydrogen) atoms. The van der Waals surface area contributed by atoms with Crippen LogP contribution in [0.3, 0.4) is 0 Å². The van der Waals surface area contributed by atoms with Crippen LogP contribution in [0.2, 0.25) is 0 Å². The van der Waals surface area contributed by atoms with Gasteiger partial charge in [0.2, 0.25) is 22.8 Å². The summed E-state index contributed by atoms with van der Waals surface area (Å²) in [6.45, 7) is 6.31. The Hall–Kier alpha value is -7.24. The number of ketones is 2. The van der Waals surface area contributed by atoms with E-state index in [2.05, 4.69) is 0 Å². The fourth-order valence-corrected chi connectivity index (χ4v) is 5.65. The maximum atomic E-state index is 14.5. The van der Waals surface area contributed by atoms with Crippen LogP contribution in [0.1, 0.15) is 48.4 Å². The average molecular weight is 833 g/mol. The molecule has 0 aliphatic heterocycles. The Morgan fingerprint density at radius 3 is 1.22 bits per heavy atom. The summed E-state index contributed by atoms with van der Waals surface area (Å²) in [6, 6.07) is 10.8. The van der Waals surface area contributed by atoms with Crippen molar-refractivity contribution in [3.8, 4) is 11.5 Å². The molecule has 4 atom stereocenters. The summed E-state index contributed by atoms with van der Waals surface area (Å²) in [7, 11) is 5.28. The molecule has 2 aliphatic carbocycles. The van der Waals surface area contributed by atoms with Gasteiger partial charge in [0.15, 0.2) is 0 Å². The highest BCUT2D eigenvalue weighted by atomic mass is 17.2. The Labute approximate surface area is 344 Å². The number of rotatable bonds is 12. The minimum Gasteiger partial charge on any atom is -0.431 e. The minimum atomic E-state index is -2.53. The Balaban J connectivity index is 1.71. The minimum absolute atomic E-state index is 0.302. The van der Waals surface area contributed by atoms with Crippen molar-refractivity contribution in [2.45, 2.75) is 51.1 Å². The molecule has 2 amide bonds. The lowest BCUT2D eigenvalue weighted by atomic mass is 9.77. The maximum Gasteiger partial charge on any atom is 0.514 e. The molecule has 2 aromatic rings. The number of allylic oxidation sites excluding steroid dienone is 4. The third-order valence-corrected chi connectivity index (χ3v) is 8.42. The first-order valence-corrected chi connectivity index (χ1v) is 18.3. The topological polar surface area (TPSA) is 217 Å². The number of ether oxygens (including phenoxy) is 6. The molecule has 4 rings (SSSR count). The van der Waals surface area contributed by atoms with Crippen molar-refractivity contribution in [3.05, 3.63) is 108 Å². The second-order valence-electron chi connectivity index (χ2n) is 14.0. The lowest BCUT2D eigenvalue weighted by Gasteiger charge is -2.36. The second kappa shape index (κ2) is 19.5. The van der Waals surface area contributed by atoms with E-state index in [0.29, 0.717) is 0 Å². The molecule has 318 valence electrons. The second-order valence-corrected chi connectivity index (χ2v) is 14.0. The zero-order chi connectivity index (χ0) is 44.4. The Morgan fingerprint density at radius 1 is 0.533 bits per heavy atom. The van der Waals surface area contributed by atoms with Crippen molar-refractivity contribution in [2.24, 2.45) is 11.8 Å². The molecule has 0 bridgehead atoms. The summed E-state index contributed by atoms with van der Waals surface area (Å²) in [6.07, 6.45) is 4.19. The van der Waals surface area contributed by atoms with Gasteiger partial charge in [-0.3, -0.25) is 9.59 Å². The Morgan fingerprint density at radius 2 is 0.883 bits per heavy atom. The molecule has 2 aromatic carbocycles. The number of hydrogen-bond donors (Lipinski definition) is 0. The molecule has 0 saturated carbocycles. The first kappa shape index (κ1) is 45.5. The third kappa shape index (κ3) is 10.4. The highest BCUT2D eigenvalue weighted by Crippen LogP contribution is 2.39. The predicted octanol–water partition coefficient (Wildman–Crippen LogP) is 5.96. The van der Waals surface area contributed by atoms with Crippen molar-refractivity contribution in [1.29, 1.82) is 0 Å². The lowest BCUT2D eigenvalue weighted by molar-refractivity contribution is -0.267. The van der Waals surface area contributed by atoms with Crippen molar-refractivity contribution >= 4 is 48.0 Å². The van der Waals surface area contributed by atoms with Gasteiger partial charge in [0.1, 0.15) is 23.3 Å². The molecule has 0 saturated heterocycles. The number of carbonyl (C=O) groups is 8. The van der Waals surface area contributed by atoms with Crippen molar-refractivity contribution < 1.29 is 76.6 Å². The van der Waals surface area contributed by atoms with Crippen LogP contribution >= 0.6 is 0 Å². The molecular formula is C42H44N2O16. The van der Waals surface area contributed by atoms with Gasteiger partial charge in [-0.25, -0.2) is 38.5 Å². The molecule has 0 N–H and O–H groups in total. The van der Waals surface area contributed by atoms with Crippen LogP contribution in [0.15, 0.2) is 97.1 Å². The molecule has 0 aromatic heterocycles. The highest BCUT2D eigenvalue weighted by Gasteiger charge is 2.56. The van der Waals surface area contributed by atoms with Crippen molar-refractivity contribution in [2.75, 3.05) is 28.2 Å². The number of carbonyl (C=O) groups excluding carboxylic acids is 8. The van der Waals surface area contributed by atoms with Crippen LogP contribution in [0, 0.1) is 11.8 Å². The summed E-state index contributed by atoms with van der Waals surface area (Å²) < 4.78 is 32.1. The predicted molar refractivity (Wildman–Crippen MR) is 208 cm³/mol. The highest BCUT2D eigenvalue weighted by molar-refractivity contribution is 6.11. The SMILES string of the molecule is CC(C)OC(=O)Oc1ccccc1C(=O)C1(OC(=O)N(C)C)C=CC=CC1C(=O)OOC(=O)C1C=CC=CC1(OC(=O)N(C)C)C(=O)c1ccccc1OC(=O)OC(C)C. The van der Waals surface area contributed by atoms with Gasteiger partial charge in [-0.1, -0.05) is 60.7 Å². The summed E-state index contributed by atoms with van der Waals surface area (Å²) in [5.41, 5.74) is -5.69. The van der Waals surface area contributed by atoms with E-state index < -0.39 is 83.2 Å². The monoisotopic (exact) mass is 832 g/mol. The van der Waals surface area contributed by atoms with Crippen molar-refractivity contribution in [1.82, 2.24) is 9.80 Å². The van der Waals surface area contributed by atoms with Crippen molar-refractivity contribution in [3.63, 3.8) is 0 Å². The van der Waals surface area contributed by atoms with E-state index in [9.17, 15) is 38.4 Å². The summed E-state index contributed by atoms with van der Waals surface area (Å²) in [5.74, 6) is -9.30. The normalized spacial score (nSPS) is 20.0. The molecule has 18 nitrogen and oxygen atoms in total. The van der Waals surface area contributed by atoms with Gasteiger partial charge in [-0.15, -0.1) is 0 Å². The van der Waals surface area contributed by atoms with Gasteiger partial charge in [0, 0.05) is 28.2 Å². The zero-order valence-corrected chi connectivity index (χ0v) is 34.0. The molecule has 0 radical (unpaired) electrons. The van der Waals surface area contributed by atoms with E-state index >= 15 is 0 Å². The van der Waals surface area contributed by atoms with Gasteiger partial charge in [-0.05, 0) is 64.1 Å². The quantitative estimate of drug-likeness (QED) is 0.0602. The lowest BCUT2D eigenvalue weighted by Crippen LogP contribution is -2.54. The van der Waals surface area contributed by atoms with Crippen LogP contribution in [0.25, 0.3) is 0 Å². The zero-order valence-electron chi connectivity index (χ0n) is 34.0. The van der Waals surface area contributed by atoms with Gasteiger partial charge in [-0.2, -0.15) is 0 Å². The molecular weight excluding hydrogens is 788 g/mol. The number of para-hydroxylation sites is 2. The van der Waals surface area contributed by atoms with Gasteiger partial charge in [0.25, 0.3) is 0 Å². The third-order valence-electron chi connectivity index (χ3n) is 8.42. The van der Waals surface area contributed by atoms with Gasteiger partial charge in [0.05, 0.1) is 23.3 Å². The molecule has 0 heterocycles. The Bertz CT molecular complexity index is 1980. The largest absolute Gasteiger partial charge is 0.514 e. The van der Waals surface area contributed by atoms with Crippen LogP contribution in [0.5, 0.6) is 11.5 Å². The molecule has 0 spiro atoms. The summed E-state index contributed by atoms with van der Waals surface area (Å²) in [5, 5.41) is 0.